The van der Waals surface area contributed by atoms with E-state index in [-0.39, 0.29) is 22.9 Å². The Labute approximate surface area is 144 Å². The van der Waals surface area contributed by atoms with Crippen molar-refractivity contribution >= 4 is 23.5 Å². The quantitative estimate of drug-likeness (QED) is 0.889. The van der Waals surface area contributed by atoms with Crippen molar-refractivity contribution in [1.82, 2.24) is 15.1 Å². The molecule has 0 radical (unpaired) electrons. The number of amides is 1. The number of nitrogens with one attached hydrogen (secondary N) is 2. The van der Waals surface area contributed by atoms with E-state index in [0.29, 0.717) is 6.42 Å². The maximum atomic E-state index is 12.4. The molecule has 1 saturated heterocycles. The number of carbonyl (C=O) groups is 1. The van der Waals surface area contributed by atoms with Gasteiger partial charge in [0, 0.05) is 42.0 Å². The average Bonchev–Trinajstić information content (AvgIpc) is 2.83. The molecule has 1 aromatic heterocycles. The van der Waals surface area contributed by atoms with Crippen LogP contribution in [0.1, 0.15) is 53.7 Å². The third-order valence-electron chi connectivity index (χ3n) is 3.81. The molecule has 1 fully saturated rings. The van der Waals surface area contributed by atoms with E-state index in [2.05, 4.69) is 52.2 Å². The smallest absolute Gasteiger partial charge is 0.227 e. The number of thioether (sulfide) groups is 1. The summed E-state index contributed by atoms with van der Waals surface area (Å²) in [5.74, 6) is 2.97. The number of nitrogens with zero attached hydrogens (tertiary/aromatic N) is 2. The van der Waals surface area contributed by atoms with Crippen LogP contribution in [0.2, 0.25) is 0 Å². The molecule has 1 atom stereocenters. The predicted octanol–water partition coefficient (Wildman–Crippen LogP) is 2.97. The Morgan fingerprint density at radius 2 is 2.09 bits per heavy atom. The zero-order valence-corrected chi connectivity index (χ0v) is 16.0. The minimum atomic E-state index is -0.176. The fourth-order valence-corrected chi connectivity index (χ4v) is 3.47. The molecule has 0 aromatic carbocycles. The highest BCUT2D eigenvalue weighted by Gasteiger charge is 2.26. The zero-order chi connectivity index (χ0) is 17.3. The number of anilines is 1. The summed E-state index contributed by atoms with van der Waals surface area (Å²) in [5.41, 5.74) is 0.775. The molecule has 2 rings (SSSR count). The van der Waals surface area contributed by atoms with Gasteiger partial charge in [0.05, 0.1) is 11.2 Å². The van der Waals surface area contributed by atoms with E-state index in [4.69, 9.17) is 5.10 Å². The number of carbonyl (C=O) groups excluding carboxylic acids is 1. The van der Waals surface area contributed by atoms with Crippen LogP contribution in [0.4, 0.5) is 5.82 Å². The molecule has 0 bridgehead atoms. The summed E-state index contributed by atoms with van der Waals surface area (Å²) in [6.45, 7) is 13.7. The van der Waals surface area contributed by atoms with Crippen LogP contribution in [0.25, 0.3) is 0 Å². The second kappa shape index (κ2) is 6.85. The van der Waals surface area contributed by atoms with Gasteiger partial charge in [0.1, 0.15) is 5.82 Å². The first-order valence-corrected chi connectivity index (χ1v) is 9.45. The summed E-state index contributed by atoms with van der Waals surface area (Å²) < 4.78 is 1.93. The van der Waals surface area contributed by atoms with E-state index >= 15 is 0 Å². The SMILES string of the molecule is CC(C)(C)c1cc(NC(=O)CC2CSCCN2)n(C(C)(C)C)n1. The molecule has 1 aromatic rings. The number of hydrogen-bond donors (Lipinski definition) is 2. The van der Waals surface area contributed by atoms with Crippen LogP contribution in [0.15, 0.2) is 6.07 Å². The van der Waals surface area contributed by atoms with Gasteiger partial charge in [-0.25, -0.2) is 4.68 Å². The highest BCUT2D eigenvalue weighted by atomic mass is 32.2. The summed E-state index contributed by atoms with van der Waals surface area (Å²) in [6.07, 6.45) is 0.507. The van der Waals surface area contributed by atoms with Crippen molar-refractivity contribution in [2.75, 3.05) is 23.4 Å². The fourth-order valence-electron chi connectivity index (χ4n) is 2.52. The minimum Gasteiger partial charge on any atom is -0.312 e. The molecule has 5 nitrogen and oxygen atoms in total. The van der Waals surface area contributed by atoms with Gasteiger partial charge in [0.15, 0.2) is 0 Å². The minimum absolute atomic E-state index is 0.0441. The zero-order valence-electron chi connectivity index (χ0n) is 15.2. The lowest BCUT2D eigenvalue weighted by molar-refractivity contribution is -0.116. The van der Waals surface area contributed by atoms with Crippen molar-refractivity contribution in [2.24, 2.45) is 0 Å². The normalized spacial score (nSPS) is 19.7. The van der Waals surface area contributed by atoms with Crippen molar-refractivity contribution < 1.29 is 4.79 Å². The maximum absolute atomic E-state index is 12.4. The van der Waals surface area contributed by atoms with Gasteiger partial charge in [-0.2, -0.15) is 16.9 Å². The molecule has 1 unspecified atom stereocenters. The van der Waals surface area contributed by atoms with Gasteiger partial charge in [-0.05, 0) is 20.8 Å². The lowest BCUT2D eigenvalue weighted by atomic mass is 9.92. The summed E-state index contributed by atoms with van der Waals surface area (Å²) >= 11 is 1.91. The van der Waals surface area contributed by atoms with Crippen molar-refractivity contribution in [3.8, 4) is 0 Å². The van der Waals surface area contributed by atoms with Crippen LogP contribution < -0.4 is 10.6 Å². The maximum Gasteiger partial charge on any atom is 0.227 e. The molecule has 130 valence electrons. The van der Waals surface area contributed by atoms with Gasteiger partial charge in [-0.3, -0.25) is 4.79 Å². The lowest BCUT2D eigenvalue weighted by Crippen LogP contribution is -2.40. The molecule has 1 aliphatic heterocycles. The Morgan fingerprint density at radius 1 is 1.39 bits per heavy atom. The Bertz CT molecular complexity index is 548. The predicted molar refractivity (Wildman–Crippen MR) is 98.3 cm³/mol. The van der Waals surface area contributed by atoms with Crippen LogP contribution in [-0.4, -0.2) is 39.8 Å². The second-order valence-electron chi connectivity index (χ2n) is 8.23. The third-order valence-corrected chi connectivity index (χ3v) is 4.94. The molecular weight excluding hydrogens is 308 g/mol. The van der Waals surface area contributed by atoms with Crippen LogP contribution in [0.5, 0.6) is 0 Å². The monoisotopic (exact) mass is 338 g/mol. The lowest BCUT2D eigenvalue weighted by Gasteiger charge is -2.24. The van der Waals surface area contributed by atoms with Gasteiger partial charge in [-0.15, -0.1) is 0 Å². The van der Waals surface area contributed by atoms with E-state index in [9.17, 15) is 4.79 Å². The van der Waals surface area contributed by atoms with Gasteiger partial charge in [0.25, 0.3) is 0 Å². The van der Waals surface area contributed by atoms with Gasteiger partial charge in [0.2, 0.25) is 5.91 Å². The van der Waals surface area contributed by atoms with Gasteiger partial charge in [-0.1, -0.05) is 20.8 Å². The first-order chi connectivity index (χ1) is 10.6. The summed E-state index contributed by atoms with van der Waals surface area (Å²) in [6, 6.07) is 2.27. The van der Waals surface area contributed by atoms with E-state index in [0.717, 1.165) is 29.6 Å². The Hall–Kier alpha value is -1.01. The van der Waals surface area contributed by atoms with E-state index in [1.165, 1.54) is 0 Å². The Balaban J connectivity index is 2.14. The Morgan fingerprint density at radius 3 is 2.61 bits per heavy atom. The number of hydrogen-bond acceptors (Lipinski definition) is 4. The molecule has 0 spiro atoms. The summed E-state index contributed by atoms with van der Waals surface area (Å²) in [7, 11) is 0. The standard InChI is InChI=1S/C17H30N4OS/c1-16(2,3)13-10-14(21(20-13)17(4,5)6)19-15(22)9-12-11-23-8-7-18-12/h10,12,18H,7-9,11H2,1-6H3,(H,19,22). The van der Waals surface area contributed by atoms with Crippen LogP contribution in [0.3, 0.4) is 0 Å². The first-order valence-electron chi connectivity index (χ1n) is 8.29. The van der Waals surface area contributed by atoms with Crippen LogP contribution in [0, 0.1) is 0 Å². The molecule has 0 aliphatic carbocycles. The van der Waals surface area contributed by atoms with Gasteiger partial charge < -0.3 is 10.6 Å². The topological polar surface area (TPSA) is 59.0 Å². The van der Waals surface area contributed by atoms with Crippen LogP contribution in [-0.2, 0) is 15.7 Å². The third kappa shape index (κ3) is 4.98. The van der Waals surface area contributed by atoms with E-state index in [1.54, 1.807) is 0 Å². The van der Waals surface area contributed by atoms with Crippen molar-refractivity contribution in [2.45, 2.75) is 65.0 Å². The molecule has 1 aliphatic rings. The van der Waals surface area contributed by atoms with E-state index < -0.39 is 0 Å². The van der Waals surface area contributed by atoms with Crippen molar-refractivity contribution in [3.05, 3.63) is 11.8 Å². The van der Waals surface area contributed by atoms with Gasteiger partial charge >= 0.3 is 0 Å². The molecule has 0 saturated carbocycles. The summed E-state index contributed by atoms with van der Waals surface area (Å²) in [4.78, 5) is 12.4. The fraction of sp³-hybridized carbons (Fsp3) is 0.765. The second-order valence-corrected chi connectivity index (χ2v) is 9.38. The highest BCUT2D eigenvalue weighted by Crippen LogP contribution is 2.28. The molecule has 23 heavy (non-hydrogen) atoms. The first kappa shape index (κ1) is 18.3. The number of rotatable bonds is 3. The summed E-state index contributed by atoms with van der Waals surface area (Å²) in [5, 5.41) is 11.2. The Kier molecular flexibility index (Phi) is 5.46. The molecule has 1 amide bonds. The molecule has 2 heterocycles. The molecular formula is C17H30N4OS. The van der Waals surface area contributed by atoms with Crippen molar-refractivity contribution in [3.63, 3.8) is 0 Å². The van der Waals surface area contributed by atoms with Crippen molar-refractivity contribution in [1.29, 1.82) is 0 Å². The molecule has 6 heteroatoms. The number of aromatic nitrogens is 2. The average molecular weight is 339 g/mol. The molecule has 2 N–H and O–H groups in total. The van der Waals surface area contributed by atoms with E-state index in [1.807, 2.05) is 22.5 Å². The largest absolute Gasteiger partial charge is 0.312 e. The van der Waals surface area contributed by atoms with Crippen LogP contribution >= 0.6 is 11.8 Å². The highest BCUT2D eigenvalue weighted by molar-refractivity contribution is 7.99.